The SMILES string of the molecule is CN1C(=CC(=O)COC(=O)c2cccnc2)C(C)(C)c2ccccc21. The van der Waals surface area contributed by atoms with Crippen LogP contribution in [0.2, 0.25) is 0 Å². The molecule has 0 saturated carbocycles. The molecule has 1 aromatic carbocycles. The van der Waals surface area contributed by atoms with Gasteiger partial charge in [-0.15, -0.1) is 0 Å². The molecule has 25 heavy (non-hydrogen) atoms. The van der Waals surface area contributed by atoms with Gasteiger partial charge in [0.2, 0.25) is 0 Å². The molecule has 1 aliphatic rings. The van der Waals surface area contributed by atoms with Crippen molar-refractivity contribution in [3.05, 3.63) is 71.7 Å². The quantitative estimate of drug-likeness (QED) is 0.634. The van der Waals surface area contributed by atoms with Gasteiger partial charge in [0.15, 0.2) is 12.4 Å². The van der Waals surface area contributed by atoms with E-state index in [-0.39, 0.29) is 17.8 Å². The molecule has 0 aliphatic carbocycles. The minimum atomic E-state index is -0.554. The van der Waals surface area contributed by atoms with Crippen molar-refractivity contribution in [3.63, 3.8) is 0 Å². The second-order valence-corrected chi connectivity index (χ2v) is 6.51. The predicted octanol–water partition coefficient (Wildman–Crippen LogP) is 3.12. The van der Waals surface area contributed by atoms with Crippen LogP contribution in [0.4, 0.5) is 5.69 Å². The summed E-state index contributed by atoms with van der Waals surface area (Å²) >= 11 is 0. The number of para-hydroxylation sites is 1. The molecule has 0 amide bonds. The molecule has 1 aliphatic heterocycles. The van der Waals surface area contributed by atoms with Gasteiger partial charge in [0, 0.05) is 42.3 Å². The number of rotatable bonds is 4. The molecule has 0 fully saturated rings. The number of fused-ring (bicyclic) bond motifs is 1. The van der Waals surface area contributed by atoms with Gasteiger partial charge in [-0.25, -0.2) is 4.79 Å². The third kappa shape index (κ3) is 3.18. The van der Waals surface area contributed by atoms with E-state index in [0.717, 1.165) is 11.4 Å². The van der Waals surface area contributed by atoms with Crippen molar-refractivity contribution in [2.45, 2.75) is 19.3 Å². The Morgan fingerprint density at radius 3 is 2.64 bits per heavy atom. The average Bonchev–Trinajstić information content (AvgIpc) is 2.82. The number of carbonyl (C=O) groups excluding carboxylic acids is 2. The van der Waals surface area contributed by atoms with Gasteiger partial charge in [-0.2, -0.15) is 0 Å². The standard InChI is InChI=1S/C20H20N2O3/c1-20(2)16-8-4-5-9-17(16)22(3)18(20)11-15(23)13-25-19(24)14-7-6-10-21-12-14/h4-12H,13H2,1-3H3. The summed E-state index contributed by atoms with van der Waals surface area (Å²) in [5, 5.41) is 0. The number of esters is 1. The van der Waals surface area contributed by atoms with E-state index >= 15 is 0 Å². The molecule has 128 valence electrons. The van der Waals surface area contributed by atoms with Gasteiger partial charge in [-0.1, -0.05) is 32.0 Å². The lowest BCUT2D eigenvalue weighted by atomic mass is 9.83. The fourth-order valence-corrected chi connectivity index (χ4v) is 3.16. The highest BCUT2D eigenvalue weighted by Crippen LogP contribution is 2.46. The van der Waals surface area contributed by atoms with Crippen LogP contribution in [0.15, 0.2) is 60.6 Å². The number of nitrogens with zero attached hydrogens (tertiary/aromatic N) is 2. The number of ketones is 1. The van der Waals surface area contributed by atoms with Crippen molar-refractivity contribution in [1.82, 2.24) is 4.98 Å². The monoisotopic (exact) mass is 336 g/mol. The van der Waals surface area contributed by atoms with Gasteiger partial charge in [-0.3, -0.25) is 9.78 Å². The highest BCUT2D eigenvalue weighted by Gasteiger charge is 2.38. The van der Waals surface area contributed by atoms with Crippen molar-refractivity contribution < 1.29 is 14.3 Å². The number of allylic oxidation sites excluding steroid dienone is 1. The highest BCUT2D eigenvalue weighted by atomic mass is 16.5. The number of ether oxygens (including phenoxy) is 1. The highest BCUT2D eigenvalue weighted by molar-refractivity contribution is 5.96. The van der Waals surface area contributed by atoms with E-state index in [0.29, 0.717) is 5.56 Å². The smallest absolute Gasteiger partial charge is 0.340 e. The Hall–Kier alpha value is -2.95. The van der Waals surface area contributed by atoms with Crippen LogP contribution in [0.3, 0.4) is 0 Å². The molecule has 0 saturated heterocycles. The Balaban J connectivity index is 1.73. The van der Waals surface area contributed by atoms with Crippen molar-refractivity contribution in [3.8, 4) is 0 Å². The number of hydrogen-bond donors (Lipinski definition) is 0. The molecule has 0 N–H and O–H groups in total. The van der Waals surface area contributed by atoms with Gasteiger partial charge in [0.25, 0.3) is 0 Å². The largest absolute Gasteiger partial charge is 0.454 e. The second kappa shape index (κ2) is 6.51. The third-order valence-corrected chi connectivity index (χ3v) is 4.48. The molecule has 0 bridgehead atoms. The molecular formula is C20H20N2O3. The second-order valence-electron chi connectivity index (χ2n) is 6.51. The summed E-state index contributed by atoms with van der Waals surface area (Å²) in [6.45, 7) is 3.86. The molecule has 5 nitrogen and oxygen atoms in total. The molecule has 0 spiro atoms. The van der Waals surface area contributed by atoms with Gasteiger partial charge in [0.1, 0.15) is 0 Å². The Bertz CT molecular complexity index is 841. The Kier molecular flexibility index (Phi) is 4.40. The zero-order chi connectivity index (χ0) is 18.0. The lowest BCUT2D eigenvalue weighted by molar-refractivity contribution is -0.117. The summed E-state index contributed by atoms with van der Waals surface area (Å²) < 4.78 is 5.09. The van der Waals surface area contributed by atoms with Crippen LogP contribution >= 0.6 is 0 Å². The Morgan fingerprint density at radius 1 is 1.20 bits per heavy atom. The number of pyridine rings is 1. The number of benzene rings is 1. The van der Waals surface area contributed by atoms with Gasteiger partial charge in [-0.05, 0) is 23.8 Å². The van der Waals surface area contributed by atoms with Crippen LogP contribution in [-0.2, 0) is 14.9 Å². The van der Waals surface area contributed by atoms with E-state index in [1.54, 1.807) is 24.4 Å². The summed E-state index contributed by atoms with van der Waals surface area (Å²) in [6, 6.07) is 11.3. The Labute approximate surface area is 146 Å². The maximum atomic E-state index is 12.3. The van der Waals surface area contributed by atoms with Crippen LogP contribution in [0.25, 0.3) is 0 Å². The van der Waals surface area contributed by atoms with Crippen LogP contribution in [-0.4, -0.2) is 30.4 Å². The molecule has 1 aromatic heterocycles. The molecule has 3 rings (SSSR count). The van der Waals surface area contributed by atoms with Gasteiger partial charge >= 0.3 is 5.97 Å². The summed E-state index contributed by atoms with van der Waals surface area (Å²) in [5.74, 6) is -0.804. The minimum Gasteiger partial charge on any atom is -0.454 e. The van der Waals surface area contributed by atoms with Crippen LogP contribution in [0.1, 0.15) is 29.8 Å². The first-order chi connectivity index (χ1) is 11.9. The van der Waals surface area contributed by atoms with Crippen LogP contribution in [0.5, 0.6) is 0 Å². The number of carbonyl (C=O) groups is 2. The topological polar surface area (TPSA) is 59.5 Å². The van der Waals surface area contributed by atoms with E-state index in [1.165, 1.54) is 11.8 Å². The number of anilines is 1. The van der Waals surface area contributed by atoms with Crippen molar-refractivity contribution in [2.24, 2.45) is 0 Å². The van der Waals surface area contributed by atoms with E-state index in [9.17, 15) is 9.59 Å². The number of likely N-dealkylation sites (N-methyl/N-ethyl adjacent to an activating group) is 1. The number of hydrogen-bond acceptors (Lipinski definition) is 5. The van der Waals surface area contributed by atoms with Gasteiger partial charge < -0.3 is 9.64 Å². The number of aromatic nitrogens is 1. The molecule has 0 radical (unpaired) electrons. The van der Waals surface area contributed by atoms with E-state index in [1.807, 2.05) is 30.1 Å². The first kappa shape index (κ1) is 16.9. The summed E-state index contributed by atoms with van der Waals surface area (Å²) in [4.78, 5) is 30.1. The molecule has 0 atom stereocenters. The lowest BCUT2D eigenvalue weighted by Gasteiger charge is -2.23. The first-order valence-corrected chi connectivity index (χ1v) is 8.06. The average molecular weight is 336 g/mol. The maximum Gasteiger partial charge on any atom is 0.340 e. The van der Waals surface area contributed by atoms with Crippen molar-refractivity contribution in [1.29, 1.82) is 0 Å². The van der Waals surface area contributed by atoms with Crippen LogP contribution in [0, 0.1) is 0 Å². The van der Waals surface area contributed by atoms with E-state index in [4.69, 9.17) is 4.74 Å². The van der Waals surface area contributed by atoms with E-state index < -0.39 is 5.97 Å². The fraction of sp³-hybridized carbons (Fsp3) is 0.250. The predicted molar refractivity (Wildman–Crippen MR) is 95.5 cm³/mol. The summed E-state index contributed by atoms with van der Waals surface area (Å²) in [5.41, 5.74) is 3.18. The molecule has 2 heterocycles. The normalized spacial score (nSPS) is 16.6. The summed E-state index contributed by atoms with van der Waals surface area (Å²) in [6.07, 6.45) is 4.55. The van der Waals surface area contributed by atoms with Crippen molar-refractivity contribution in [2.75, 3.05) is 18.6 Å². The molecule has 0 unspecified atom stereocenters. The zero-order valence-electron chi connectivity index (χ0n) is 14.5. The fourth-order valence-electron chi connectivity index (χ4n) is 3.16. The first-order valence-electron chi connectivity index (χ1n) is 8.06. The Morgan fingerprint density at radius 2 is 1.96 bits per heavy atom. The van der Waals surface area contributed by atoms with Crippen LogP contribution < -0.4 is 4.90 Å². The maximum absolute atomic E-state index is 12.3. The van der Waals surface area contributed by atoms with Crippen molar-refractivity contribution >= 4 is 17.4 Å². The zero-order valence-corrected chi connectivity index (χ0v) is 14.5. The molecular weight excluding hydrogens is 316 g/mol. The van der Waals surface area contributed by atoms with Gasteiger partial charge in [0.05, 0.1) is 5.56 Å². The molecule has 5 heteroatoms. The minimum absolute atomic E-state index is 0.250. The molecule has 2 aromatic rings. The van der Waals surface area contributed by atoms with E-state index in [2.05, 4.69) is 24.9 Å². The summed E-state index contributed by atoms with van der Waals surface area (Å²) in [7, 11) is 1.94. The lowest BCUT2D eigenvalue weighted by Crippen LogP contribution is -2.25. The third-order valence-electron chi connectivity index (χ3n) is 4.48.